The average molecular weight is 393 g/mol. The minimum absolute atomic E-state index is 0.261. The van der Waals surface area contributed by atoms with E-state index in [0.717, 1.165) is 11.5 Å². The molecule has 0 saturated carbocycles. The number of hydrogen-bond donors (Lipinski definition) is 0. The zero-order valence-corrected chi connectivity index (χ0v) is 15.7. The van der Waals surface area contributed by atoms with Crippen LogP contribution in [-0.4, -0.2) is 58.7 Å². The van der Waals surface area contributed by atoms with Gasteiger partial charge in [0.15, 0.2) is 11.5 Å². The van der Waals surface area contributed by atoms with E-state index in [1.54, 1.807) is 22.8 Å². The summed E-state index contributed by atoms with van der Waals surface area (Å²) in [6.07, 6.45) is 1.76. The molecular weight excluding hydrogens is 376 g/mol. The zero-order chi connectivity index (χ0) is 18.3. The maximum Gasteiger partial charge on any atom is 0.243 e. The predicted molar refractivity (Wildman–Crippen MR) is 97.9 cm³/mol. The van der Waals surface area contributed by atoms with Gasteiger partial charge in [0.05, 0.1) is 16.8 Å². The molecule has 0 spiro atoms. The monoisotopic (exact) mass is 392 g/mol. The zero-order valence-electron chi connectivity index (χ0n) is 14.1. The highest BCUT2D eigenvalue weighted by atomic mass is 35.5. The number of rotatable bonds is 3. The molecule has 0 N–H and O–H groups in total. The van der Waals surface area contributed by atoms with Crippen LogP contribution in [0.5, 0.6) is 0 Å². The van der Waals surface area contributed by atoms with Crippen LogP contribution >= 0.6 is 11.6 Å². The molecular formula is C16H17ClN6O2S. The molecule has 8 nitrogen and oxygen atoms in total. The van der Waals surface area contributed by atoms with E-state index in [9.17, 15) is 8.42 Å². The third-order valence-electron chi connectivity index (χ3n) is 4.46. The van der Waals surface area contributed by atoms with E-state index in [4.69, 9.17) is 11.6 Å². The molecule has 0 aliphatic carbocycles. The Morgan fingerprint density at radius 2 is 1.73 bits per heavy atom. The second-order valence-corrected chi connectivity index (χ2v) is 8.45. The number of fused-ring (bicyclic) bond motifs is 1. The second kappa shape index (κ2) is 6.49. The van der Waals surface area contributed by atoms with Crippen molar-refractivity contribution in [1.82, 2.24) is 24.1 Å². The van der Waals surface area contributed by atoms with Crippen molar-refractivity contribution in [1.29, 1.82) is 0 Å². The summed E-state index contributed by atoms with van der Waals surface area (Å²) in [5.74, 6) is 0.727. The number of piperazine rings is 1. The van der Waals surface area contributed by atoms with Crippen molar-refractivity contribution >= 4 is 33.0 Å². The normalized spacial score (nSPS) is 16.3. The first kappa shape index (κ1) is 17.2. The summed E-state index contributed by atoms with van der Waals surface area (Å²) >= 11 is 5.85. The van der Waals surface area contributed by atoms with Crippen LogP contribution in [0.4, 0.5) is 5.69 Å². The Kier molecular flexibility index (Phi) is 4.29. The van der Waals surface area contributed by atoms with Crippen LogP contribution in [-0.2, 0) is 10.0 Å². The van der Waals surface area contributed by atoms with Gasteiger partial charge < -0.3 is 4.90 Å². The fraction of sp³-hybridized carbons (Fsp3) is 0.312. The molecule has 1 fully saturated rings. The predicted octanol–water partition coefficient (Wildman–Crippen LogP) is 1.60. The largest absolute Gasteiger partial charge is 0.367 e. The molecule has 1 saturated heterocycles. The van der Waals surface area contributed by atoms with E-state index in [1.165, 1.54) is 16.4 Å². The average Bonchev–Trinajstić information content (AvgIpc) is 3.03. The molecule has 1 aromatic carbocycles. The minimum atomic E-state index is -3.51. The highest BCUT2D eigenvalue weighted by molar-refractivity contribution is 7.89. The van der Waals surface area contributed by atoms with Crippen LogP contribution in [0.25, 0.3) is 5.65 Å². The van der Waals surface area contributed by atoms with Gasteiger partial charge in [0.25, 0.3) is 0 Å². The summed E-state index contributed by atoms with van der Waals surface area (Å²) in [5.41, 5.74) is 1.59. The number of sulfonamides is 1. The third kappa shape index (κ3) is 3.02. The molecule has 1 aliphatic heterocycles. The highest BCUT2D eigenvalue weighted by Crippen LogP contribution is 2.22. The highest BCUT2D eigenvalue weighted by Gasteiger charge is 2.28. The van der Waals surface area contributed by atoms with Crippen LogP contribution in [0.2, 0.25) is 5.02 Å². The van der Waals surface area contributed by atoms with Crippen LogP contribution in [0.1, 0.15) is 5.82 Å². The number of hydrogen-bond acceptors (Lipinski definition) is 6. The molecule has 10 heteroatoms. The van der Waals surface area contributed by atoms with Crippen molar-refractivity contribution in [3.8, 4) is 0 Å². The smallest absolute Gasteiger partial charge is 0.243 e. The van der Waals surface area contributed by atoms with Gasteiger partial charge in [-0.25, -0.2) is 8.42 Å². The van der Waals surface area contributed by atoms with Gasteiger partial charge in [-0.3, -0.25) is 0 Å². The summed E-state index contributed by atoms with van der Waals surface area (Å²) in [6.45, 7) is 3.81. The molecule has 0 atom stereocenters. The first-order chi connectivity index (χ1) is 12.4. The quantitative estimate of drug-likeness (QED) is 0.673. The van der Waals surface area contributed by atoms with Crippen molar-refractivity contribution < 1.29 is 8.42 Å². The molecule has 136 valence electrons. The van der Waals surface area contributed by atoms with E-state index in [2.05, 4.69) is 20.2 Å². The van der Waals surface area contributed by atoms with Crippen LogP contribution in [0.3, 0.4) is 0 Å². The van der Waals surface area contributed by atoms with Gasteiger partial charge in [0.2, 0.25) is 10.0 Å². The number of halogens is 1. The molecule has 0 bridgehead atoms. The van der Waals surface area contributed by atoms with Crippen molar-refractivity contribution in [2.75, 3.05) is 31.1 Å². The van der Waals surface area contributed by atoms with Gasteiger partial charge in [0, 0.05) is 37.3 Å². The SMILES string of the molecule is Cc1nnc2cc(N3CCN(S(=O)(=O)c4ccc(Cl)cc4)CC3)cnn12. The minimum Gasteiger partial charge on any atom is -0.367 e. The molecule has 4 rings (SSSR count). The number of aryl methyl sites for hydroxylation is 1. The van der Waals surface area contributed by atoms with Gasteiger partial charge in [-0.05, 0) is 31.2 Å². The maximum atomic E-state index is 12.7. The summed E-state index contributed by atoms with van der Waals surface area (Å²) in [4.78, 5) is 2.36. The summed E-state index contributed by atoms with van der Waals surface area (Å²) in [5, 5.41) is 12.9. The van der Waals surface area contributed by atoms with E-state index in [-0.39, 0.29) is 4.90 Å². The first-order valence-electron chi connectivity index (χ1n) is 8.14. The lowest BCUT2D eigenvalue weighted by Crippen LogP contribution is -2.48. The Balaban J connectivity index is 1.50. The van der Waals surface area contributed by atoms with Crippen LogP contribution in [0.15, 0.2) is 41.4 Å². The molecule has 0 radical (unpaired) electrons. The van der Waals surface area contributed by atoms with Crippen molar-refractivity contribution in [3.63, 3.8) is 0 Å². The van der Waals surface area contributed by atoms with Crippen molar-refractivity contribution in [2.24, 2.45) is 0 Å². The standard InChI is InChI=1S/C16H17ClN6O2S/c1-12-19-20-16-10-14(11-18-23(12)16)21-6-8-22(9-7-21)26(24,25)15-4-2-13(17)3-5-15/h2-5,10-11H,6-9H2,1H3. The van der Waals surface area contributed by atoms with Crippen molar-refractivity contribution in [3.05, 3.63) is 47.4 Å². The number of nitrogens with zero attached hydrogens (tertiary/aromatic N) is 6. The van der Waals surface area contributed by atoms with E-state index < -0.39 is 10.0 Å². The maximum absolute atomic E-state index is 12.7. The Morgan fingerprint density at radius 3 is 2.42 bits per heavy atom. The Hall–Kier alpha value is -2.23. The summed E-state index contributed by atoms with van der Waals surface area (Å²) in [6, 6.07) is 8.17. The van der Waals surface area contributed by atoms with Gasteiger partial charge in [-0.2, -0.15) is 13.9 Å². The lowest BCUT2D eigenvalue weighted by Gasteiger charge is -2.35. The van der Waals surface area contributed by atoms with Gasteiger partial charge in [-0.1, -0.05) is 11.6 Å². The van der Waals surface area contributed by atoms with Crippen LogP contribution < -0.4 is 4.90 Å². The molecule has 1 aliphatic rings. The lowest BCUT2D eigenvalue weighted by atomic mass is 10.3. The summed E-state index contributed by atoms with van der Waals surface area (Å²) < 4.78 is 28.7. The topological polar surface area (TPSA) is 83.7 Å². The molecule has 0 amide bonds. The molecule has 26 heavy (non-hydrogen) atoms. The van der Waals surface area contributed by atoms with Crippen molar-refractivity contribution in [2.45, 2.75) is 11.8 Å². The van der Waals surface area contributed by atoms with Gasteiger partial charge in [0.1, 0.15) is 0 Å². The van der Waals surface area contributed by atoms with Gasteiger partial charge in [-0.15, -0.1) is 10.2 Å². The number of aromatic nitrogens is 4. The molecule has 3 heterocycles. The van der Waals surface area contributed by atoms with Crippen LogP contribution in [0, 0.1) is 6.92 Å². The Labute approximate surface area is 156 Å². The Morgan fingerprint density at radius 1 is 1.04 bits per heavy atom. The lowest BCUT2D eigenvalue weighted by molar-refractivity contribution is 0.384. The number of benzene rings is 1. The molecule has 3 aromatic rings. The Bertz CT molecular complexity index is 1040. The van der Waals surface area contributed by atoms with E-state index >= 15 is 0 Å². The second-order valence-electron chi connectivity index (χ2n) is 6.08. The third-order valence-corrected chi connectivity index (χ3v) is 6.62. The number of anilines is 1. The fourth-order valence-electron chi connectivity index (χ4n) is 3.01. The molecule has 0 unspecified atom stereocenters. The van der Waals surface area contributed by atoms with Gasteiger partial charge >= 0.3 is 0 Å². The molecule has 2 aromatic heterocycles. The van der Waals surface area contributed by atoms with E-state index in [1.807, 2.05) is 13.0 Å². The van der Waals surface area contributed by atoms with E-state index in [0.29, 0.717) is 36.8 Å². The summed E-state index contributed by atoms with van der Waals surface area (Å²) in [7, 11) is -3.51. The first-order valence-corrected chi connectivity index (χ1v) is 9.96. The fourth-order valence-corrected chi connectivity index (χ4v) is 4.56.